The van der Waals surface area contributed by atoms with Gasteiger partial charge in [-0.3, -0.25) is 5.41 Å². The van der Waals surface area contributed by atoms with E-state index < -0.39 is 0 Å². The molecule has 0 unspecified atom stereocenters. The molecule has 0 aromatic heterocycles. The average molecular weight is 259 g/mol. The lowest BCUT2D eigenvalue weighted by Crippen LogP contribution is -2.13. The zero-order valence-corrected chi connectivity index (χ0v) is 10.4. The van der Waals surface area contributed by atoms with E-state index in [0.29, 0.717) is 28.1 Å². The lowest BCUT2D eigenvalue weighted by molar-refractivity contribution is 0.415. The highest BCUT2D eigenvalue weighted by Gasteiger charge is 2.10. The van der Waals surface area contributed by atoms with E-state index in [0.717, 1.165) is 0 Å². The van der Waals surface area contributed by atoms with E-state index in [-0.39, 0.29) is 11.7 Å². The molecule has 2 aromatic carbocycles. The predicted molar refractivity (Wildman–Crippen MR) is 73.8 cm³/mol. The summed E-state index contributed by atoms with van der Waals surface area (Å²) in [7, 11) is 1.52. The highest BCUT2D eigenvalue weighted by molar-refractivity contribution is 6.00. The number of hydrogen-bond donors (Lipinski definition) is 3. The van der Waals surface area contributed by atoms with Crippen molar-refractivity contribution in [3.63, 3.8) is 0 Å². The van der Waals surface area contributed by atoms with Gasteiger partial charge in [0.25, 0.3) is 0 Å². The van der Waals surface area contributed by atoms with Gasteiger partial charge in [-0.1, -0.05) is 6.07 Å². The molecule has 98 valence electrons. The van der Waals surface area contributed by atoms with Crippen LogP contribution in [0.4, 0.5) is 10.1 Å². The van der Waals surface area contributed by atoms with E-state index in [1.54, 1.807) is 24.3 Å². The minimum Gasteiger partial charge on any atom is -0.496 e. The molecule has 2 aromatic rings. The maximum absolute atomic E-state index is 13.3. The molecular formula is C14H14FN3O. The number of methoxy groups -OCH3 is 1. The van der Waals surface area contributed by atoms with Gasteiger partial charge < -0.3 is 16.2 Å². The fraction of sp³-hybridized carbons (Fsp3) is 0.0714. The number of amidine groups is 1. The molecule has 19 heavy (non-hydrogen) atoms. The molecule has 5 N–H and O–H groups in total. The second-order valence-electron chi connectivity index (χ2n) is 4.06. The van der Waals surface area contributed by atoms with Crippen LogP contribution in [-0.2, 0) is 0 Å². The third-order valence-corrected chi connectivity index (χ3v) is 2.81. The third-order valence-electron chi connectivity index (χ3n) is 2.81. The highest BCUT2D eigenvalue weighted by atomic mass is 19.1. The standard InChI is InChI=1S/C14H14FN3O/c1-19-13-5-3-9(15)7-11(13)8-2-4-10(14(17)18)12(16)6-8/h2-7H,16H2,1H3,(H3,17,18). The van der Waals surface area contributed by atoms with Crippen molar-refractivity contribution < 1.29 is 9.13 Å². The van der Waals surface area contributed by atoms with Gasteiger partial charge in [0.1, 0.15) is 17.4 Å². The van der Waals surface area contributed by atoms with Gasteiger partial charge >= 0.3 is 0 Å². The molecule has 0 saturated heterocycles. The first-order chi connectivity index (χ1) is 9.02. The van der Waals surface area contributed by atoms with E-state index in [9.17, 15) is 4.39 Å². The maximum atomic E-state index is 13.3. The molecule has 0 saturated carbocycles. The zero-order valence-electron chi connectivity index (χ0n) is 10.4. The van der Waals surface area contributed by atoms with Crippen molar-refractivity contribution in [2.45, 2.75) is 0 Å². The number of ether oxygens (including phenoxy) is 1. The summed E-state index contributed by atoms with van der Waals surface area (Å²) in [5, 5.41) is 7.38. The van der Waals surface area contributed by atoms with Gasteiger partial charge in [0.2, 0.25) is 0 Å². The summed E-state index contributed by atoms with van der Waals surface area (Å²) in [6.45, 7) is 0. The van der Waals surface area contributed by atoms with Crippen molar-refractivity contribution in [2.24, 2.45) is 5.73 Å². The van der Waals surface area contributed by atoms with Crippen LogP contribution in [0.3, 0.4) is 0 Å². The summed E-state index contributed by atoms with van der Waals surface area (Å²) in [5.74, 6) is 0.0941. The van der Waals surface area contributed by atoms with E-state index in [1.807, 2.05) is 0 Å². The van der Waals surface area contributed by atoms with Gasteiger partial charge in [-0.2, -0.15) is 0 Å². The Morgan fingerprint density at radius 3 is 2.53 bits per heavy atom. The van der Waals surface area contributed by atoms with Gasteiger partial charge in [-0.05, 0) is 35.9 Å². The Morgan fingerprint density at radius 1 is 1.21 bits per heavy atom. The molecule has 0 aliphatic heterocycles. The third kappa shape index (κ3) is 2.49. The quantitative estimate of drug-likeness (QED) is 0.449. The molecule has 4 nitrogen and oxygen atoms in total. The topological polar surface area (TPSA) is 85.1 Å². The number of nitrogens with one attached hydrogen (secondary N) is 1. The second kappa shape index (κ2) is 4.97. The Kier molecular flexibility index (Phi) is 3.37. The van der Waals surface area contributed by atoms with Gasteiger partial charge in [-0.25, -0.2) is 4.39 Å². The fourth-order valence-corrected chi connectivity index (χ4v) is 1.88. The number of rotatable bonds is 3. The van der Waals surface area contributed by atoms with Crippen LogP contribution in [0.5, 0.6) is 5.75 Å². The van der Waals surface area contributed by atoms with Crippen LogP contribution in [0, 0.1) is 11.2 Å². The van der Waals surface area contributed by atoms with Crippen LogP contribution in [0.25, 0.3) is 11.1 Å². The van der Waals surface area contributed by atoms with E-state index in [2.05, 4.69) is 0 Å². The molecular weight excluding hydrogens is 245 g/mol. The molecule has 0 atom stereocenters. The highest BCUT2D eigenvalue weighted by Crippen LogP contribution is 2.32. The number of benzene rings is 2. The summed E-state index contributed by atoms with van der Waals surface area (Å²) in [6.07, 6.45) is 0. The minimum absolute atomic E-state index is 0.102. The van der Waals surface area contributed by atoms with E-state index in [1.165, 1.54) is 19.2 Å². The van der Waals surface area contributed by atoms with Crippen LogP contribution < -0.4 is 16.2 Å². The summed E-state index contributed by atoms with van der Waals surface area (Å²) in [6, 6.07) is 9.27. The number of nitrogen functional groups attached to an aromatic ring is 2. The largest absolute Gasteiger partial charge is 0.496 e. The van der Waals surface area contributed by atoms with Gasteiger partial charge in [0, 0.05) is 16.8 Å². The van der Waals surface area contributed by atoms with Gasteiger partial charge in [-0.15, -0.1) is 0 Å². The summed E-state index contributed by atoms with van der Waals surface area (Å²) in [4.78, 5) is 0. The normalized spacial score (nSPS) is 10.2. The van der Waals surface area contributed by atoms with Crippen molar-refractivity contribution in [2.75, 3.05) is 12.8 Å². The molecule has 2 rings (SSSR count). The number of anilines is 1. The van der Waals surface area contributed by atoms with Crippen molar-refractivity contribution >= 4 is 11.5 Å². The van der Waals surface area contributed by atoms with Crippen LogP contribution in [-0.4, -0.2) is 12.9 Å². The molecule has 0 aliphatic carbocycles. The fourth-order valence-electron chi connectivity index (χ4n) is 1.88. The van der Waals surface area contributed by atoms with E-state index in [4.69, 9.17) is 21.6 Å². The minimum atomic E-state index is -0.356. The molecule has 0 aliphatic rings. The smallest absolute Gasteiger partial charge is 0.126 e. The predicted octanol–water partition coefficient (Wildman–Crippen LogP) is 2.37. The molecule has 0 fully saturated rings. The summed E-state index contributed by atoms with van der Waals surface area (Å²) >= 11 is 0. The van der Waals surface area contributed by atoms with Gasteiger partial charge in [0.05, 0.1) is 7.11 Å². The first-order valence-electron chi connectivity index (χ1n) is 5.60. The van der Waals surface area contributed by atoms with Gasteiger partial charge in [0.15, 0.2) is 0 Å². The Morgan fingerprint density at radius 2 is 1.95 bits per heavy atom. The van der Waals surface area contributed by atoms with Crippen LogP contribution in [0.2, 0.25) is 0 Å². The van der Waals surface area contributed by atoms with Crippen molar-refractivity contribution in [1.29, 1.82) is 5.41 Å². The molecule has 0 spiro atoms. The lowest BCUT2D eigenvalue weighted by atomic mass is 10.0. The number of nitrogens with two attached hydrogens (primary N) is 2. The van der Waals surface area contributed by atoms with Crippen molar-refractivity contribution in [1.82, 2.24) is 0 Å². The van der Waals surface area contributed by atoms with Crippen LogP contribution in [0.1, 0.15) is 5.56 Å². The van der Waals surface area contributed by atoms with E-state index >= 15 is 0 Å². The number of hydrogen-bond acceptors (Lipinski definition) is 3. The summed E-state index contributed by atoms with van der Waals surface area (Å²) < 4.78 is 18.5. The Balaban J connectivity index is 2.56. The Hall–Kier alpha value is -2.56. The maximum Gasteiger partial charge on any atom is 0.126 e. The van der Waals surface area contributed by atoms with Crippen molar-refractivity contribution in [3.05, 3.63) is 47.8 Å². The SMILES string of the molecule is COc1ccc(F)cc1-c1ccc(C(=N)N)c(N)c1. The van der Waals surface area contributed by atoms with Crippen LogP contribution >= 0.6 is 0 Å². The van der Waals surface area contributed by atoms with Crippen LogP contribution in [0.15, 0.2) is 36.4 Å². The molecule has 5 heteroatoms. The lowest BCUT2D eigenvalue weighted by Gasteiger charge is -2.11. The molecule has 0 bridgehead atoms. The Bertz CT molecular complexity index is 641. The summed E-state index contributed by atoms with van der Waals surface area (Å²) in [5.41, 5.74) is 13.4. The zero-order chi connectivity index (χ0) is 14.0. The number of halogens is 1. The Labute approximate surface area is 110 Å². The first kappa shape index (κ1) is 12.9. The average Bonchev–Trinajstić information content (AvgIpc) is 2.38. The molecule has 0 heterocycles. The van der Waals surface area contributed by atoms with Crippen molar-refractivity contribution in [3.8, 4) is 16.9 Å². The second-order valence-corrected chi connectivity index (χ2v) is 4.06. The first-order valence-corrected chi connectivity index (χ1v) is 5.60. The monoisotopic (exact) mass is 259 g/mol. The molecule has 0 amide bonds. The molecule has 0 radical (unpaired) electrons.